The molecule has 2 aromatic heterocycles. The Balaban J connectivity index is 1.96. The number of nitrogens with zero attached hydrogens (tertiary/aromatic N) is 4. The lowest BCUT2D eigenvalue weighted by Gasteiger charge is -2.11. The van der Waals surface area contributed by atoms with Crippen molar-refractivity contribution in [2.24, 2.45) is 0 Å². The quantitative estimate of drug-likeness (QED) is 0.797. The van der Waals surface area contributed by atoms with E-state index in [1.54, 1.807) is 4.52 Å². The van der Waals surface area contributed by atoms with Crippen LogP contribution in [0.1, 0.15) is 11.3 Å². The average molecular weight is 274 g/mol. The molecule has 0 spiro atoms. The second-order valence-corrected chi connectivity index (χ2v) is 4.55. The Morgan fingerprint density at radius 2 is 2.05 bits per heavy atom. The number of nitrogens with one attached hydrogen (secondary N) is 1. The summed E-state index contributed by atoms with van der Waals surface area (Å²) in [4.78, 5) is 8.35. The highest BCUT2D eigenvalue weighted by Gasteiger charge is 2.12. The molecule has 5 nitrogen and oxygen atoms in total. The van der Waals surface area contributed by atoms with Gasteiger partial charge >= 0.3 is 0 Å². The summed E-state index contributed by atoms with van der Waals surface area (Å²) in [6, 6.07) is 10.1. The molecule has 3 rings (SSSR count). The number of rotatable bonds is 3. The minimum atomic E-state index is 0.539. The topological polar surface area (TPSA) is 55.1 Å². The van der Waals surface area contributed by atoms with Crippen molar-refractivity contribution in [1.29, 1.82) is 0 Å². The van der Waals surface area contributed by atoms with Gasteiger partial charge in [-0.2, -0.15) is 14.6 Å². The van der Waals surface area contributed by atoms with E-state index in [0.29, 0.717) is 23.2 Å². The Kier molecular flexibility index (Phi) is 3.05. The number of aromatic nitrogens is 4. The van der Waals surface area contributed by atoms with Gasteiger partial charge in [0.15, 0.2) is 5.82 Å². The molecule has 1 N–H and O–H groups in total. The van der Waals surface area contributed by atoms with Crippen LogP contribution in [0.5, 0.6) is 0 Å². The van der Waals surface area contributed by atoms with Gasteiger partial charge in [0, 0.05) is 6.54 Å². The van der Waals surface area contributed by atoms with E-state index in [0.717, 1.165) is 5.69 Å². The van der Waals surface area contributed by atoms with Gasteiger partial charge in [0.25, 0.3) is 5.78 Å². The molecular formula is C13H12ClN5. The fourth-order valence-electron chi connectivity index (χ4n) is 1.87. The zero-order valence-electron chi connectivity index (χ0n) is 10.3. The third-order valence-electron chi connectivity index (χ3n) is 2.84. The van der Waals surface area contributed by atoms with Crippen LogP contribution in [0.3, 0.4) is 0 Å². The van der Waals surface area contributed by atoms with E-state index in [1.165, 1.54) is 11.9 Å². The first-order chi connectivity index (χ1) is 9.25. The second kappa shape index (κ2) is 4.85. The van der Waals surface area contributed by atoms with Gasteiger partial charge in [0.05, 0.1) is 5.69 Å². The van der Waals surface area contributed by atoms with Crippen molar-refractivity contribution in [2.45, 2.75) is 13.5 Å². The molecule has 0 saturated carbocycles. The maximum atomic E-state index is 6.28. The number of halogens is 1. The van der Waals surface area contributed by atoms with E-state index in [2.05, 4.69) is 20.4 Å². The third-order valence-corrected chi connectivity index (χ3v) is 3.29. The zero-order chi connectivity index (χ0) is 13.2. The molecule has 0 aliphatic rings. The van der Waals surface area contributed by atoms with Crippen LogP contribution in [-0.4, -0.2) is 19.6 Å². The molecule has 0 radical (unpaired) electrons. The Bertz CT molecular complexity index is 708. The van der Waals surface area contributed by atoms with Crippen LogP contribution in [0.15, 0.2) is 36.7 Å². The van der Waals surface area contributed by atoms with Crippen molar-refractivity contribution in [3.05, 3.63) is 52.9 Å². The Labute approximate surface area is 115 Å². The highest BCUT2D eigenvalue weighted by atomic mass is 35.5. The van der Waals surface area contributed by atoms with Crippen LogP contribution >= 0.6 is 11.6 Å². The summed E-state index contributed by atoms with van der Waals surface area (Å²) in [5.74, 6) is 1.25. The van der Waals surface area contributed by atoms with Gasteiger partial charge in [-0.25, -0.2) is 4.98 Å². The largest absolute Gasteiger partial charge is 0.365 e. The normalized spacial score (nSPS) is 10.8. The molecule has 0 saturated heterocycles. The first-order valence-corrected chi connectivity index (χ1v) is 6.27. The summed E-state index contributed by atoms with van der Waals surface area (Å²) < 4.78 is 1.61. The minimum Gasteiger partial charge on any atom is -0.365 e. The second-order valence-electron chi connectivity index (χ2n) is 4.17. The van der Waals surface area contributed by atoms with Gasteiger partial charge in [-0.3, -0.25) is 0 Å². The van der Waals surface area contributed by atoms with Crippen LogP contribution in [0.25, 0.3) is 5.78 Å². The molecule has 0 aliphatic heterocycles. The van der Waals surface area contributed by atoms with E-state index < -0.39 is 0 Å². The van der Waals surface area contributed by atoms with E-state index in [1.807, 2.05) is 37.3 Å². The van der Waals surface area contributed by atoms with E-state index in [-0.39, 0.29) is 0 Å². The maximum absolute atomic E-state index is 6.28. The van der Waals surface area contributed by atoms with Crippen molar-refractivity contribution in [3.63, 3.8) is 0 Å². The van der Waals surface area contributed by atoms with Crippen LogP contribution in [-0.2, 0) is 6.54 Å². The molecule has 3 aromatic rings. The fraction of sp³-hybridized carbons (Fsp3) is 0.154. The predicted octanol–water partition coefficient (Wildman–Crippen LogP) is 2.70. The molecule has 96 valence electrons. The molecule has 0 aliphatic carbocycles. The molecule has 6 heteroatoms. The lowest BCUT2D eigenvalue weighted by Crippen LogP contribution is -2.08. The van der Waals surface area contributed by atoms with Gasteiger partial charge in [0.2, 0.25) is 0 Å². The summed E-state index contributed by atoms with van der Waals surface area (Å²) in [6.45, 7) is 2.52. The van der Waals surface area contributed by atoms with Crippen molar-refractivity contribution in [1.82, 2.24) is 19.6 Å². The highest BCUT2D eigenvalue weighted by molar-refractivity contribution is 6.33. The molecule has 1 aromatic carbocycles. The molecule has 0 bridgehead atoms. The van der Waals surface area contributed by atoms with E-state index in [9.17, 15) is 0 Å². The number of hydrogen-bond acceptors (Lipinski definition) is 4. The number of hydrogen-bond donors (Lipinski definition) is 1. The van der Waals surface area contributed by atoms with E-state index in [4.69, 9.17) is 11.6 Å². The summed E-state index contributed by atoms with van der Waals surface area (Å²) in [6.07, 6.45) is 1.46. The molecule has 0 atom stereocenters. The molecule has 0 fully saturated rings. The lowest BCUT2D eigenvalue weighted by atomic mass is 10.2. The van der Waals surface area contributed by atoms with Crippen molar-refractivity contribution in [2.75, 3.05) is 5.32 Å². The minimum absolute atomic E-state index is 0.539. The number of anilines is 1. The summed E-state index contributed by atoms with van der Waals surface area (Å²) in [5.41, 5.74) is 1.90. The first-order valence-electron chi connectivity index (χ1n) is 5.89. The smallest absolute Gasteiger partial charge is 0.254 e. The number of fused-ring (bicyclic) bond motifs is 1. The van der Waals surface area contributed by atoms with Gasteiger partial charge in [0.1, 0.15) is 11.3 Å². The van der Waals surface area contributed by atoms with Crippen molar-refractivity contribution >= 4 is 23.2 Å². The molecule has 0 unspecified atom stereocenters. The Morgan fingerprint density at radius 3 is 2.84 bits per heavy atom. The maximum Gasteiger partial charge on any atom is 0.254 e. The Hall–Kier alpha value is -2.14. The molecule has 2 heterocycles. The first kappa shape index (κ1) is 11.9. The average Bonchev–Trinajstić information content (AvgIpc) is 2.88. The molecular weight excluding hydrogens is 262 g/mol. The summed E-state index contributed by atoms with van der Waals surface area (Å²) >= 11 is 6.28. The monoisotopic (exact) mass is 273 g/mol. The lowest BCUT2D eigenvalue weighted by molar-refractivity contribution is 0.916. The zero-order valence-corrected chi connectivity index (χ0v) is 11.1. The summed E-state index contributed by atoms with van der Waals surface area (Å²) in [5, 5.41) is 7.98. The third kappa shape index (κ3) is 2.24. The van der Waals surface area contributed by atoms with Crippen LogP contribution < -0.4 is 5.32 Å². The van der Waals surface area contributed by atoms with Gasteiger partial charge in [-0.15, -0.1) is 0 Å². The van der Waals surface area contributed by atoms with Crippen LogP contribution in [0.2, 0.25) is 5.02 Å². The molecule has 0 amide bonds. The van der Waals surface area contributed by atoms with Crippen molar-refractivity contribution < 1.29 is 0 Å². The summed E-state index contributed by atoms with van der Waals surface area (Å²) in [7, 11) is 0. The predicted molar refractivity (Wildman–Crippen MR) is 74.3 cm³/mol. The van der Waals surface area contributed by atoms with Gasteiger partial charge < -0.3 is 5.32 Å². The highest BCUT2D eigenvalue weighted by Crippen LogP contribution is 2.24. The standard InChI is InChI=1S/C13H12ClN5/c1-9-11(14)12(19-13(18-9)16-8-17-19)15-7-10-5-3-2-4-6-10/h2-6,8,15H,7H2,1H3. The van der Waals surface area contributed by atoms with Crippen LogP contribution in [0, 0.1) is 6.92 Å². The van der Waals surface area contributed by atoms with Crippen molar-refractivity contribution in [3.8, 4) is 0 Å². The van der Waals surface area contributed by atoms with E-state index >= 15 is 0 Å². The molecule has 19 heavy (non-hydrogen) atoms. The SMILES string of the molecule is Cc1nc2ncnn2c(NCc2ccccc2)c1Cl. The van der Waals surface area contributed by atoms with Gasteiger partial charge in [-0.1, -0.05) is 41.9 Å². The van der Waals surface area contributed by atoms with Gasteiger partial charge in [-0.05, 0) is 12.5 Å². The van der Waals surface area contributed by atoms with Crippen LogP contribution in [0.4, 0.5) is 5.82 Å². The Morgan fingerprint density at radius 1 is 1.26 bits per heavy atom. The number of aryl methyl sites for hydroxylation is 1. The fourth-order valence-corrected chi connectivity index (χ4v) is 2.06. The number of benzene rings is 1.